The van der Waals surface area contributed by atoms with Gasteiger partial charge in [-0.15, -0.1) is 0 Å². The molecule has 0 atom stereocenters. The number of ether oxygens (including phenoxy) is 1. The molecule has 5 nitrogen and oxygen atoms in total. The molecule has 1 amide bonds. The van der Waals surface area contributed by atoms with Crippen LogP contribution in [-0.2, 0) is 19.1 Å². The standard InChI is InChI=1S/C13H20NO4S/c1-3-18-13(17)11-6-4-5-8-14(11)12(16)7-9-19-10(2)15/h3-9H2,1-2H3. The predicted molar refractivity (Wildman–Crippen MR) is 73.2 cm³/mol. The quantitative estimate of drug-likeness (QED) is 0.721. The molecule has 1 radical (unpaired) electrons. The van der Waals surface area contributed by atoms with Gasteiger partial charge in [-0.05, 0) is 26.2 Å². The molecular formula is C13H20NO4S. The van der Waals surface area contributed by atoms with Crippen molar-refractivity contribution in [1.82, 2.24) is 4.90 Å². The molecule has 0 bridgehead atoms. The zero-order valence-corrected chi connectivity index (χ0v) is 12.3. The maximum atomic E-state index is 12.1. The highest BCUT2D eigenvalue weighted by atomic mass is 32.2. The molecule has 1 saturated heterocycles. The maximum absolute atomic E-state index is 12.1. The molecule has 0 aromatic carbocycles. The van der Waals surface area contributed by atoms with Crippen LogP contribution in [-0.4, -0.2) is 40.8 Å². The Morgan fingerprint density at radius 3 is 2.68 bits per heavy atom. The van der Waals surface area contributed by atoms with E-state index in [1.165, 1.54) is 11.8 Å². The molecule has 1 aliphatic rings. The molecule has 0 spiro atoms. The second-order valence-corrected chi connectivity index (χ2v) is 5.53. The van der Waals surface area contributed by atoms with Gasteiger partial charge in [0.1, 0.15) is 0 Å². The summed E-state index contributed by atoms with van der Waals surface area (Å²) in [7, 11) is 0. The third-order valence-electron chi connectivity index (χ3n) is 2.80. The summed E-state index contributed by atoms with van der Waals surface area (Å²) in [5.74, 6) is -0.0351. The summed E-state index contributed by atoms with van der Waals surface area (Å²) in [5.41, 5.74) is 0. The molecule has 0 aliphatic carbocycles. The van der Waals surface area contributed by atoms with E-state index in [9.17, 15) is 14.4 Å². The minimum atomic E-state index is -0.394. The van der Waals surface area contributed by atoms with Crippen molar-refractivity contribution in [2.24, 2.45) is 0 Å². The molecule has 1 heterocycles. The first-order valence-electron chi connectivity index (χ1n) is 6.53. The summed E-state index contributed by atoms with van der Waals surface area (Å²) in [6.07, 6.45) is 2.66. The minimum absolute atomic E-state index is 0.000963. The summed E-state index contributed by atoms with van der Waals surface area (Å²) in [6.45, 7) is 4.10. The molecule has 0 saturated carbocycles. The van der Waals surface area contributed by atoms with E-state index >= 15 is 0 Å². The Bertz CT molecular complexity index is 346. The zero-order chi connectivity index (χ0) is 14.3. The first kappa shape index (κ1) is 16.0. The normalized spacial score (nSPS) is 16.2. The van der Waals surface area contributed by atoms with Gasteiger partial charge in [0.2, 0.25) is 5.91 Å². The van der Waals surface area contributed by atoms with Gasteiger partial charge >= 0.3 is 5.97 Å². The van der Waals surface area contributed by atoms with Crippen LogP contribution in [0.1, 0.15) is 39.5 Å². The Hall–Kier alpha value is -1.04. The Balaban J connectivity index is 2.53. The van der Waals surface area contributed by atoms with Crippen LogP contribution >= 0.6 is 11.8 Å². The second kappa shape index (κ2) is 8.19. The lowest BCUT2D eigenvalue weighted by atomic mass is 10.0. The van der Waals surface area contributed by atoms with Crippen molar-refractivity contribution in [3.63, 3.8) is 0 Å². The number of nitrogens with zero attached hydrogens (tertiary/aromatic N) is 1. The van der Waals surface area contributed by atoms with Crippen LogP contribution in [0.5, 0.6) is 0 Å². The lowest BCUT2D eigenvalue weighted by molar-refractivity contribution is -0.149. The fourth-order valence-corrected chi connectivity index (χ4v) is 2.52. The molecule has 19 heavy (non-hydrogen) atoms. The molecule has 1 aliphatic heterocycles. The summed E-state index contributed by atoms with van der Waals surface area (Å²) < 4.78 is 4.98. The predicted octanol–water partition coefficient (Wildman–Crippen LogP) is 1.76. The van der Waals surface area contributed by atoms with Gasteiger partial charge in [0.25, 0.3) is 0 Å². The van der Waals surface area contributed by atoms with Crippen LogP contribution in [0, 0.1) is 6.04 Å². The summed E-state index contributed by atoms with van der Waals surface area (Å²) in [5, 5.41) is 0.000963. The smallest absolute Gasteiger partial charge is 0.335 e. The molecular weight excluding hydrogens is 266 g/mol. The summed E-state index contributed by atoms with van der Waals surface area (Å²) in [6, 6.07) is 0.464. The fourth-order valence-electron chi connectivity index (χ4n) is 1.95. The molecule has 1 fully saturated rings. The van der Waals surface area contributed by atoms with Crippen LogP contribution in [0.15, 0.2) is 0 Å². The highest BCUT2D eigenvalue weighted by Gasteiger charge is 2.33. The van der Waals surface area contributed by atoms with Crippen molar-refractivity contribution in [1.29, 1.82) is 0 Å². The van der Waals surface area contributed by atoms with Crippen LogP contribution in [0.3, 0.4) is 0 Å². The average molecular weight is 286 g/mol. The number of esters is 1. The van der Waals surface area contributed by atoms with Gasteiger partial charge in [-0.1, -0.05) is 11.8 Å². The van der Waals surface area contributed by atoms with E-state index in [0.29, 0.717) is 31.4 Å². The van der Waals surface area contributed by atoms with Gasteiger partial charge in [-0.3, -0.25) is 9.59 Å². The molecule has 0 aromatic heterocycles. The van der Waals surface area contributed by atoms with Crippen molar-refractivity contribution in [2.75, 3.05) is 18.9 Å². The van der Waals surface area contributed by atoms with Gasteiger partial charge in [0.15, 0.2) is 11.2 Å². The van der Waals surface area contributed by atoms with Gasteiger partial charge in [-0.25, -0.2) is 4.79 Å². The van der Waals surface area contributed by atoms with Gasteiger partial charge < -0.3 is 9.64 Å². The van der Waals surface area contributed by atoms with Crippen molar-refractivity contribution in [2.45, 2.75) is 39.5 Å². The number of amides is 1. The lowest BCUT2D eigenvalue weighted by Gasteiger charge is -2.33. The molecule has 1 rings (SSSR count). The number of thioether (sulfide) groups is 1. The lowest BCUT2D eigenvalue weighted by Crippen LogP contribution is -2.43. The number of hydrogen-bond donors (Lipinski definition) is 0. The van der Waals surface area contributed by atoms with Crippen LogP contribution in [0.25, 0.3) is 0 Å². The first-order valence-corrected chi connectivity index (χ1v) is 7.51. The Kier molecular flexibility index (Phi) is 6.91. The van der Waals surface area contributed by atoms with E-state index in [0.717, 1.165) is 24.6 Å². The SMILES string of the molecule is CCOC(=O)[C]1CCCCN1C(=O)CCSC(C)=O. The van der Waals surface area contributed by atoms with E-state index in [1.807, 2.05) is 0 Å². The minimum Gasteiger partial charge on any atom is -0.464 e. The van der Waals surface area contributed by atoms with Crippen LogP contribution < -0.4 is 0 Å². The Morgan fingerprint density at radius 2 is 2.05 bits per heavy atom. The first-order chi connectivity index (χ1) is 9.06. The maximum Gasteiger partial charge on any atom is 0.335 e. The van der Waals surface area contributed by atoms with Crippen molar-refractivity contribution < 1.29 is 19.1 Å². The third-order valence-corrected chi connectivity index (χ3v) is 3.62. The van der Waals surface area contributed by atoms with Crippen molar-refractivity contribution in [3.05, 3.63) is 6.04 Å². The highest BCUT2D eigenvalue weighted by Crippen LogP contribution is 2.25. The van der Waals surface area contributed by atoms with Gasteiger partial charge in [0, 0.05) is 25.6 Å². The van der Waals surface area contributed by atoms with E-state index in [1.54, 1.807) is 6.92 Å². The highest BCUT2D eigenvalue weighted by molar-refractivity contribution is 8.13. The Labute approximate surface area is 118 Å². The number of carbonyl (C=O) groups is 3. The van der Waals surface area contributed by atoms with E-state index in [4.69, 9.17) is 4.74 Å². The van der Waals surface area contributed by atoms with Crippen LogP contribution in [0.4, 0.5) is 0 Å². The van der Waals surface area contributed by atoms with Gasteiger partial charge in [-0.2, -0.15) is 0 Å². The Morgan fingerprint density at radius 1 is 1.32 bits per heavy atom. The molecule has 0 unspecified atom stereocenters. The van der Waals surface area contributed by atoms with Crippen molar-refractivity contribution in [3.8, 4) is 0 Å². The molecule has 0 N–H and O–H groups in total. The molecule has 6 heteroatoms. The zero-order valence-electron chi connectivity index (χ0n) is 11.4. The largest absolute Gasteiger partial charge is 0.464 e. The summed E-state index contributed by atoms with van der Waals surface area (Å²) >= 11 is 1.13. The molecule has 0 aromatic rings. The average Bonchev–Trinajstić information content (AvgIpc) is 2.38. The fraction of sp³-hybridized carbons (Fsp3) is 0.692. The van der Waals surface area contributed by atoms with Gasteiger partial charge in [0.05, 0.1) is 6.61 Å². The summed E-state index contributed by atoms with van der Waals surface area (Å²) in [4.78, 5) is 36.2. The van der Waals surface area contributed by atoms with E-state index in [-0.39, 0.29) is 17.4 Å². The second-order valence-electron chi connectivity index (χ2n) is 4.26. The topological polar surface area (TPSA) is 63.7 Å². The van der Waals surface area contributed by atoms with Crippen LogP contribution in [0.2, 0.25) is 0 Å². The van der Waals surface area contributed by atoms with E-state index in [2.05, 4.69) is 0 Å². The number of piperidine rings is 1. The number of likely N-dealkylation sites (tertiary alicyclic amines) is 1. The number of rotatable bonds is 5. The monoisotopic (exact) mass is 286 g/mol. The number of carbonyl (C=O) groups excluding carboxylic acids is 3. The third kappa shape index (κ3) is 5.22. The molecule has 107 valence electrons. The number of hydrogen-bond acceptors (Lipinski definition) is 5. The van der Waals surface area contributed by atoms with Crippen molar-refractivity contribution >= 4 is 28.8 Å². The van der Waals surface area contributed by atoms with E-state index < -0.39 is 5.97 Å².